The first-order chi connectivity index (χ1) is 14.9. The van der Waals surface area contributed by atoms with Crippen LogP contribution in [0.1, 0.15) is 37.3 Å². The average molecular weight is 430 g/mol. The van der Waals surface area contributed by atoms with Crippen LogP contribution in [0.5, 0.6) is 0 Å². The van der Waals surface area contributed by atoms with Crippen molar-refractivity contribution in [3.63, 3.8) is 0 Å². The maximum Gasteiger partial charge on any atom is 0.247 e. The van der Waals surface area contributed by atoms with Crippen LogP contribution in [0.15, 0.2) is 29.5 Å². The molecule has 2 aromatic rings. The molecule has 0 bridgehead atoms. The largest absolute Gasteiger partial charge is 0.381 e. The van der Waals surface area contributed by atoms with Gasteiger partial charge in [-0.15, -0.1) is 0 Å². The average Bonchev–Trinajstić information content (AvgIpc) is 3.33. The van der Waals surface area contributed by atoms with Crippen LogP contribution in [0.2, 0.25) is 0 Å². The van der Waals surface area contributed by atoms with Gasteiger partial charge in [-0.05, 0) is 42.9 Å². The van der Waals surface area contributed by atoms with Gasteiger partial charge in [-0.25, -0.2) is 23.2 Å². The Kier molecular flexibility index (Phi) is 4.60. The van der Waals surface area contributed by atoms with Crippen molar-refractivity contribution in [2.24, 2.45) is 16.4 Å². The van der Waals surface area contributed by atoms with Crippen molar-refractivity contribution in [2.45, 2.75) is 31.7 Å². The summed E-state index contributed by atoms with van der Waals surface area (Å²) in [6, 6.07) is 2.60. The van der Waals surface area contributed by atoms with Gasteiger partial charge in [0, 0.05) is 37.2 Å². The Labute approximate surface area is 176 Å². The fourth-order valence-electron chi connectivity index (χ4n) is 4.72. The molecule has 1 aliphatic carbocycles. The monoisotopic (exact) mass is 430 g/mol. The lowest BCUT2D eigenvalue weighted by Crippen LogP contribution is -2.48. The van der Waals surface area contributed by atoms with Crippen molar-refractivity contribution in [2.75, 3.05) is 23.7 Å². The topological polar surface area (TPSA) is 87.7 Å². The summed E-state index contributed by atoms with van der Waals surface area (Å²) in [6.45, 7) is 1.05. The molecule has 2 N–H and O–H groups in total. The number of nitrogens with zero attached hydrogens (tertiary/aromatic N) is 5. The van der Waals surface area contributed by atoms with Gasteiger partial charge in [-0.1, -0.05) is 0 Å². The minimum Gasteiger partial charge on any atom is -0.381 e. The second-order valence-electron chi connectivity index (χ2n) is 8.43. The molecule has 1 aromatic heterocycles. The van der Waals surface area contributed by atoms with Gasteiger partial charge in [0.2, 0.25) is 11.9 Å². The lowest BCUT2D eigenvalue weighted by atomic mass is 9.81. The summed E-state index contributed by atoms with van der Waals surface area (Å²) < 4.78 is 41.5. The van der Waals surface area contributed by atoms with Crippen LogP contribution >= 0.6 is 0 Å². The van der Waals surface area contributed by atoms with Gasteiger partial charge in [0.25, 0.3) is 0 Å². The highest BCUT2D eigenvalue weighted by Gasteiger charge is 2.57. The Balaban J connectivity index is 1.36. The third-order valence-electron chi connectivity index (χ3n) is 6.54. The molecule has 3 heterocycles. The third-order valence-corrected chi connectivity index (χ3v) is 6.54. The van der Waals surface area contributed by atoms with E-state index in [0.717, 1.165) is 37.2 Å². The number of carbonyl (C=O) groups is 1. The van der Waals surface area contributed by atoms with Gasteiger partial charge in [-0.3, -0.25) is 4.79 Å². The van der Waals surface area contributed by atoms with Crippen LogP contribution in [0, 0.1) is 28.8 Å². The summed E-state index contributed by atoms with van der Waals surface area (Å²) in [5.74, 6) is -2.13. The number of hydrogen-bond acceptors (Lipinski definition) is 6. The Morgan fingerprint density at radius 1 is 1.19 bits per heavy atom. The predicted molar refractivity (Wildman–Crippen MR) is 107 cm³/mol. The van der Waals surface area contributed by atoms with E-state index in [1.807, 2.05) is 4.90 Å². The molecular weight excluding hydrogens is 409 g/mol. The van der Waals surface area contributed by atoms with Crippen molar-refractivity contribution >= 4 is 23.9 Å². The van der Waals surface area contributed by atoms with E-state index >= 15 is 0 Å². The number of aromatic nitrogens is 2. The second kappa shape index (κ2) is 7.21. The SMILES string of the molecule is Nc1nc(N2CCC(C(=O)N3N=CCC3c3cc(F)ccc3F)C3(CC3)C2)ncc1F. The normalized spacial score (nSPS) is 24.1. The summed E-state index contributed by atoms with van der Waals surface area (Å²) in [5, 5.41) is 5.51. The fourth-order valence-corrected chi connectivity index (χ4v) is 4.72. The summed E-state index contributed by atoms with van der Waals surface area (Å²) >= 11 is 0. The number of anilines is 2. The minimum absolute atomic E-state index is 0.128. The molecule has 162 valence electrons. The number of benzene rings is 1. The zero-order chi connectivity index (χ0) is 21.8. The molecule has 3 aliphatic rings. The number of nitrogens with two attached hydrogens (primary N) is 1. The summed E-state index contributed by atoms with van der Waals surface area (Å²) in [5.41, 5.74) is 5.44. The molecule has 7 nitrogen and oxygen atoms in total. The standard InChI is InChI=1S/C21H21F3N6O/c22-12-1-2-15(23)13(9-12)17-3-7-27-30(17)19(31)14-4-8-29(11-21(14)5-6-21)20-26-10-16(24)18(25)28-20/h1-2,7,9-10,14,17H,3-6,8,11H2,(H2,25,26,28). The molecule has 10 heteroatoms. The molecule has 2 atom stereocenters. The highest BCUT2D eigenvalue weighted by Crippen LogP contribution is 2.57. The third kappa shape index (κ3) is 3.39. The van der Waals surface area contributed by atoms with Crippen molar-refractivity contribution < 1.29 is 18.0 Å². The van der Waals surface area contributed by atoms with Crippen molar-refractivity contribution in [1.29, 1.82) is 0 Å². The molecule has 1 spiro atoms. The van der Waals surface area contributed by atoms with Crippen molar-refractivity contribution in [3.8, 4) is 0 Å². The van der Waals surface area contributed by atoms with E-state index < -0.39 is 23.5 Å². The first-order valence-corrected chi connectivity index (χ1v) is 10.2. The lowest BCUT2D eigenvalue weighted by Gasteiger charge is -2.40. The Bertz CT molecular complexity index is 1070. The van der Waals surface area contributed by atoms with Crippen LogP contribution < -0.4 is 10.6 Å². The highest BCUT2D eigenvalue weighted by atomic mass is 19.1. The van der Waals surface area contributed by atoms with Crippen LogP contribution in [0.3, 0.4) is 0 Å². The first kappa shape index (κ1) is 19.8. The molecule has 5 rings (SSSR count). The molecule has 2 unspecified atom stereocenters. The summed E-state index contributed by atoms with van der Waals surface area (Å²) in [4.78, 5) is 23.4. The van der Waals surface area contributed by atoms with E-state index in [1.165, 1.54) is 5.01 Å². The van der Waals surface area contributed by atoms with E-state index in [-0.39, 0.29) is 28.6 Å². The number of hydrazone groups is 1. The van der Waals surface area contributed by atoms with Crippen LogP contribution in [-0.2, 0) is 4.79 Å². The maximum atomic E-state index is 14.3. The molecule has 2 aliphatic heterocycles. The van der Waals surface area contributed by atoms with E-state index in [2.05, 4.69) is 15.1 Å². The summed E-state index contributed by atoms with van der Waals surface area (Å²) in [6.07, 6.45) is 5.19. The molecule has 1 aromatic carbocycles. The number of piperidine rings is 1. The van der Waals surface area contributed by atoms with E-state index in [4.69, 9.17) is 5.73 Å². The maximum absolute atomic E-state index is 14.3. The van der Waals surface area contributed by atoms with Gasteiger partial charge < -0.3 is 10.6 Å². The fraction of sp³-hybridized carbons (Fsp3) is 0.429. The first-order valence-electron chi connectivity index (χ1n) is 10.2. The molecule has 2 fully saturated rings. The molecule has 1 saturated carbocycles. The number of hydrogen-bond donors (Lipinski definition) is 1. The minimum atomic E-state index is -0.669. The Hall–Kier alpha value is -3.17. The quantitative estimate of drug-likeness (QED) is 0.809. The van der Waals surface area contributed by atoms with Crippen LogP contribution in [0.4, 0.5) is 24.9 Å². The van der Waals surface area contributed by atoms with Crippen molar-refractivity contribution in [1.82, 2.24) is 15.0 Å². The molecular formula is C21H21F3N6O. The van der Waals surface area contributed by atoms with Gasteiger partial charge in [-0.2, -0.15) is 10.1 Å². The van der Waals surface area contributed by atoms with E-state index in [9.17, 15) is 18.0 Å². The van der Waals surface area contributed by atoms with Gasteiger partial charge >= 0.3 is 0 Å². The number of rotatable bonds is 3. The molecule has 31 heavy (non-hydrogen) atoms. The second-order valence-corrected chi connectivity index (χ2v) is 8.43. The number of amides is 1. The van der Waals surface area contributed by atoms with Crippen LogP contribution in [-0.4, -0.2) is 40.2 Å². The molecule has 0 radical (unpaired) electrons. The van der Waals surface area contributed by atoms with Crippen molar-refractivity contribution in [3.05, 3.63) is 47.4 Å². The lowest BCUT2D eigenvalue weighted by molar-refractivity contribution is -0.140. The number of halogens is 3. The van der Waals surface area contributed by atoms with E-state index in [0.29, 0.717) is 31.9 Å². The number of carbonyl (C=O) groups excluding carboxylic acids is 1. The Morgan fingerprint density at radius 3 is 2.74 bits per heavy atom. The van der Waals surface area contributed by atoms with Gasteiger partial charge in [0.05, 0.1) is 12.2 Å². The van der Waals surface area contributed by atoms with Gasteiger partial charge in [0.15, 0.2) is 11.6 Å². The van der Waals surface area contributed by atoms with Gasteiger partial charge in [0.1, 0.15) is 11.6 Å². The van der Waals surface area contributed by atoms with Crippen LogP contribution in [0.25, 0.3) is 0 Å². The highest BCUT2D eigenvalue weighted by molar-refractivity contribution is 5.83. The number of nitrogen functional groups attached to an aromatic ring is 1. The summed E-state index contributed by atoms with van der Waals surface area (Å²) in [7, 11) is 0. The predicted octanol–water partition coefficient (Wildman–Crippen LogP) is 3.04. The Morgan fingerprint density at radius 2 is 2.00 bits per heavy atom. The van der Waals surface area contributed by atoms with E-state index in [1.54, 1.807) is 6.21 Å². The molecule has 1 saturated heterocycles. The zero-order valence-corrected chi connectivity index (χ0v) is 16.6. The zero-order valence-electron chi connectivity index (χ0n) is 16.6. The smallest absolute Gasteiger partial charge is 0.247 e. The molecule has 1 amide bonds.